The fourth-order valence-corrected chi connectivity index (χ4v) is 5.09. The number of benzene rings is 2. The van der Waals surface area contributed by atoms with Gasteiger partial charge in [-0.2, -0.15) is 0 Å². The Morgan fingerprint density at radius 2 is 1.66 bits per heavy atom. The normalized spacial score (nSPS) is 17.1. The zero-order chi connectivity index (χ0) is 22.9. The second kappa shape index (κ2) is 9.29. The minimum absolute atomic E-state index is 0.0322. The first-order chi connectivity index (χ1) is 15.2. The SMILES string of the molecule is O=C(NC1CC1)C1CCN(C(=O)c2cccc(NS(=O)(=O)c3ccc(Cl)c(Cl)c3)c2)CC1. The summed E-state index contributed by atoms with van der Waals surface area (Å²) >= 11 is 11.8. The number of nitrogens with zero attached hydrogens (tertiary/aromatic N) is 1. The van der Waals surface area contributed by atoms with Gasteiger partial charge in [0.15, 0.2) is 0 Å². The highest BCUT2D eigenvalue weighted by Gasteiger charge is 2.31. The second-order valence-electron chi connectivity index (χ2n) is 8.11. The molecular formula is C22H23Cl2N3O4S. The third kappa shape index (κ3) is 5.36. The molecule has 0 aromatic heterocycles. The summed E-state index contributed by atoms with van der Waals surface area (Å²) in [6.45, 7) is 0.974. The lowest BCUT2D eigenvalue weighted by Gasteiger charge is -2.31. The summed E-state index contributed by atoms with van der Waals surface area (Å²) in [6.07, 6.45) is 3.34. The molecule has 4 rings (SSSR count). The van der Waals surface area contributed by atoms with Crippen LogP contribution in [0, 0.1) is 5.92 Å². The van der Waals surface area contributed by atoms with Crippen LogP contribution in [0.2, 0.25) is 10.0 Å². The van der Waals surface area contributed by atoms with Gasteiger partial charge in [-0.3, -0.25) is 14.3 Å². The molecule has 2 aromatic rings. The third-order valence-corrected chi connectivity index (χ3v) is 7.76. The molecule has 0 radical (unpaired) electrons. The predicted molar refractivity (Wildman–Crippen MR) is 124 cm³/mol. The van der Waals surface area contributed by atoms with Crippen molar-refractivity contribution in [2.45, 2.75) is 36.6 Å². The molecule has 1 heterocycles. The molecule has 2 amide bonds. The van der Waals surface area contributed by atoms with E-state index in [1.807, 2.05) is 0 Å². The van der Waals surface area contributed by atoms with Crippen LogP contribution in [-0.2, 0) is 14.8 Å². The van der Waals surface area contributed by atoms with E-state index < -0.39 is 10.0 Å². The molecule has 2 aromatic carbocycles. The van der Waals surface area contributed by atoms with Gasteiger partial charge in [-0.25, -0.2) is 8.42 Å². The lowest BCUT2D eigenvalue weighted by Crippen LogP contribution is -2.43. The number of likely N-dealkylation sites (tertiary alicyclic amines) is 1. The number of halogens is 2. The summed E-state index contributed by atoms with van der Waals surface area (Å²) in [5.74, 6) is -0.177. The highest BCUT2D eigenvalue weighted by atomic mass is 35.5. The van der Waals surface area contributed by atoms with Crippen LogP contribution in [0.25, 0.3) is 0 Å². The summed E-state index contributed by atoms with van der Waals surface area (Å²) in [4.78, 5) is 26.9. The van der Waals surface area contributed by atoms with Crippen molar-refractivity contribution in [3.05, 3.63) is 58.1 Å². The predicted octanol–water partition coefficient (Wildman–Crippen LogP) is 3.93. The largest absolute Gasteiger partial charge is 0.353 e. The highest BCUT2D eigenvalue weighted by Crippen LogP contribution is 2.27. The zero-order valence-electron chi connectivity index (χ0n) is 17.2. The van der Waals surface area contributed by atoms with E-state index in [1.165, 1.54) is 24.3 Å². The number of sulfonamides is 1. The van der Waals surface area contributed by atoms with E-state index in [-0.39, 0.29) is 38.4 Å². The number of piperidine rings is 1. The molecule has 2 N–H and O–H groups in total. The fraction of sp³-hybridized carbons (Fsp3) is 0.364. The van der Waals surface area contributed by atoms with Crippen molar-refractivity contribution in [1.29, 1.82) is 0 Å². The summed E-state index contributed by atoms with van der Waals surface area (Å²) in [6, 6.07) is 10.7. The molecule has 170 valence electrons. The minimum atomic E-state index is -3.90. The van der Waals surface area contributed by atoms with Crippen LogP contribution < -0.4 is 10.0 Å². The Morgan fingerprint density at radius 3 is 2.31 bits per heavy atom. The number of rotatable bonds is 6. The Hall–Kier alpha value is -2.29. The number of nitrogens with one attached hydrogen (secondary N) is 2. The highest BCUT2D eigenvalue weighted by molar-refractivity contribution is 7.92. The molecule has 2 fully saturated rings. The number of carbonyl (C=O) groups is 2. The Balaban J connectivity index is 1.40. The number of carbonyl (C=O) groups excluding carboxylic acids is 2. The monoisotopic (exact) mass is 495 g/mol. The van der Waals surface area contributed by atoms with Gasteiger partial charge in [0.25, 0.3) is 15.9 Å². The van der Waals surface area contributed by atoms with Gasteiger partial charge in [0.05, 0.1) is 14.9 Å². The van der Waals surface area contributed by atoms with Crippen molar-refractivity contribution >= 4 is 50.7 Å². The number of anilines is 1. The molecule has 1 saturated heterocycles. The minimum Gasteiger partial charge on any atom is -0.353 e. The molecule has 0 bridgehead atoms. The second-order valence-corrected chi connectivity index (χ2v) is 10.6. The van der Waals surface area contributed by atoms with Crippen LogP contribution in [-0.4, -0.2) is 44.3 Å². The molecule has 32 heavy (non-hydrogen) atoms. The fourth-order valence-electron chi connectivity index (χ4n) is 3.65. The standard InChI is InChI=1S/C22H23Cl2N3O4S/c23-19-7-6-18(13-20(19)24)32(30,31)26-17-3-1-2-15(12-17)22(29)27-10-8-14(9-11-27)21(28)25-16-4-5-16/h1-3,6-7,12-14,16,26H,4-5,8-11H2,(H,25,28). The first kappa shape index (κ1) is 22.9. The van der Waals surface area contributed by atoms with E-state index in [2.05, 4.69) is 10.0 Å². The lowest BCUT2D eigenvalue weighted by atomic mass is 9.95. The van der Waals surface area contributed by atoms with Crippen molar-refractivity contribution in [1.82, 2.24) is 10.2 Å². The van der Waals surface area contributed by atoms with E-state index in [0.29, 0.717) is 37.5 Å². The Bertz CT molecular complexity index is 1140. The number of hydrogen-bond acceptors (Lipinski definition) is 4. The molecular weight excluding hydrogens is 473 g/mol. The Morgan fingerprint density at radius 1 is 0.938 bits per heavy atom. The summed E-state index contributed by atoms with van der Waals surface area (Å²) in [7, 11) is -3.90. The zero-order valence-corrected chi connectivity index (χ0v) is 19.5. The molecule has 0 unspecified atom stereocenters. The van der Waals surface area contributed by atoms with Crippen LogP contribution in [0.4, 0.5) is 5.69 Å². The van der Waals surface area contributed by atoms with Crippen molar-refractivity contribution in [2.75, 3.05) is 17.8 Å². The maximum Gasteiger partial charge on any atom is 0.261 e. The van der Waals surface area contributed by atoms with Crippen molar-refractivity contribution in [3.63, 3.8) is 0 Å². The molecule has 0 spiro atoms. The smallest absolute Gasteiger partial charge is 0.261 e. The van der Waals surface area contributed by atoms with Gasteiger partial charge in [0, 0.05) is 36.3 Å². The average Bonchev–Trinajstić information content (AvgIpc) is 3.59. The number of amides is 2. The Labute approximate surface area is 197 Å². The van der Waals surface area contributed by atoms with Crippen LogP contribution >= 0.6 is 23.2 Å². The van der Waals surface area contributed by atoms with E-state index in [0.717, 1.165) is 12.8 Å². The van der Waals surface area contributed by atoms with E-state index in [4.69, 9.17) is 23.2 Å². The van der Waals surface area contributed by atoms with Crippen LogP contribution in [0.15, 0.2) is 47.4 Å². The molecule has 7 nitrogen and oxygen atoms in total. The Kier molecular flexibility index (Phi) is 6.65. The van der Waals surface area contributed by atoms with Gasteiger partial charge in [-0.05, 0) is 62.1 Å². The molecule has 0 atom stereocenters. The summed E-state index contributed by atoms with van der Waals surface area (Å²) in [5.41, 5.74) is 0.640. The van der Waals surface area contributed by atoms with Crippen LogP contribution in [0.5, 0.6) is 0 Å². The number of hydrogen-bond donors (Lipinski definition) is 2. The van der Waals surface area contributed by atoms with Crippen molar-refractivity contribution < 1.29 is 18.0 Å². The molecule has 2 aliphatic rings. The van der Waals surface area contributed by atoms with Gasteiger partial charge in [-0.1, -0.05) is 29.3 Å². The summed E-state index contributed by atoms with van der Waals surface area (Å²) < 4.78 is 27.8. The van der Waals surface area contributed by atoms with Gasteiger partial charge in [-0.15, -0.1) is 0 Å². The molecule has 1 aliphatic carbocycles. The van der Waals surface area contributed by atoms with Crippen molar-refractivity contribution in [3.8, 4) is 0 Å². The van der Waals surface area contributed by atoms with Crippen molar-refractivity contribution in [2.24, 2.45) is 5.92 Å². The van der Waals surface area contributed by atoms with Gasteiger partial charge < -0.3 is 10.2 Å². The maximum atomic E-state index is 13.0. The first-order valence-electron chi connectivity index (χ1n) is 10.4. The van der Waals surface area contributed by atoms with Crippen LogP contribution in [0.1, 0.15) is 36.0 Å². The van der Waals surface area contributed by atoms with Gasteiger partial charge >= 0.3 is 0 Å². The molecule has 1 aliphatic heterocycles. The van der Waals surface area contributed by atoms with E-state index in [1.54, 1.807) is 23.1 Å². The van der Waals surface area contributed by atoms with Gasteiger partial charge in [0.1, 0.15) is 0 Å². The summed E-state index contributed by atoms with van der Waals surface area (Å²) in [5, 5.41) is 3.41. The van der Waals surface area contributed by atoms with Crippen LogP contribution in [0.3, 0.4) is 0 Å². The topological polar surface area (TPSA) is 95.6 Å². The molecule has 10 heteroatoms. The average molecular weight is 496 g/mol. The lowest BCUT2D eigenvalue weighted by molar-refractivity contribution is -0.126. The van der Waals surface area contributed by atoms with E-state index >= 15 is 0 Å². The van der Waals surface area contributed by atoms with E-state index in [9.17, 15) is 18.0 Å². The maximum absolute atomic E-state index is 13.0. The quantitative estimate of drug-likeness (QED) is 0.634. The van der Waals surface area contributed by atoms with Gasteiger partial charge in [0.2, 0.25) is 5.91 Å². The molecule has 1 saturated carbocycles. The first-order valence-corrected chi connectivity index (χ1v) is 12.6. The third-order valence-electron chi connectivity index (χ3n) is 5.64.